The molecule has 0 aliphatic rings. The van der Waals surface area contributed by atoms with Crippen molar-refractivity contribution in [1.82, 2.24) is 14.9 Å². The van der Waals surface area contributed by atoms with Crippen molar-refractivity contribution in [3.63, 3.8) is 0 Å². The summed E-state index contributed by atoms with van der Waals surface area (Å²) in [5.74, 6) is 0.212. The van der Waals surface area contributed by atoms with Crippen LogP contribution in [0.3, 0.4) is 0 Å². The second-order valence-corrected chi connectivity index (χ2v) is 8.99. The number of ether oxygens (including phenoxy) is 1. The van der Waals surface area contributed by atoms with Crippen LogP contribution in [0.5, 0.6) is 0 Å². The van der Waals surface area contributed by atoms with Crippen LogP contribution in [-0.4, -0.2) is 41.0 Å². The van der Waals surface area contributed by atoms with E-state index >= 15 is 0 Å². The number of benzene rings is 1. The molecule has 2 rings (SSSR count). The maximum Gasteiger partial charge on any atom is 0.262 e. The third-order valence-corrected chi connectivity index (χ3v) is 5.49. The van der Waals surface area contributed by atoms with Crippen molar-refractivity contribution >= 4 is 44.5 Å². The normalized spacial score (nSPS) is 12.5. The molecule has 2 aromatic rings. The zero-order valence-electron chi connectivity index (χ0n) is 16.1. The Hall–Kier alpha value is -1.38. The zero-order chi connectivity index (χ0) is 20.0. The summed E-state index contributed by atoms with van der Waals surface area (Å²) in [4.78, 5) is 30.0. The van der Waals surface area contributed by atoms with Gasteiger partial charge in [0.2, 0.25) is 5.91 Å². The first kappa shape index (κ1) is 21.9. The number of carbonyl (C=O) groups excluding carboxylic acids is 1. The quantitative estimate of drug-likeness (QED) is 0.356. The fourth-order valence-corrected chi connectivity index (χ4v) is 3.88. The van der Waals surface area contributed by atoms with Crippen LogP contribution < -0.4 is 10.9 Å². The van der Waals surface area contributed by atoms with Crippen molar-refractivity contribution in [3.8, 4) is 0 Å². The largest absolute Gasteiger partial charge is 0.385 e. The summed E-state index contributed by atoms with van der Waals surface area (Å²) in [6, 6.07) is 5.48. The molecule has 0 fully saturated rings. The van der Waals surface area contributed by atoms with Gasteiger partial charge in [0.1, 0.15) is 0 Å². The molecule has 1 atom stereocenters. The summed E-state index contributed by atoms with van der Waals surface area (Å²) in [6.45, 7) is 7.66. The van der Waals surface area contributed by atoms with Crippen molar-refractivity contribution in [2.45, 2.75) is 44.1 Å². The Morgan fingerprint density at radius 3 is 2.78 bits per heavy atom. The number of thioether (sulfide) groups is 1. The van der Waals surface area contributed by atoms with Gasteiger partial charge in [0.15, 0.2) is 5.16 Å². The van der Waals surface area contributed by atoms with Gasteiger partial charge in [-0.1, -0.05) is 41.5 Å². The van der Waals surface area contributed by atoms with E-state index in [1.807, 2.05) is 19.1 Å². The summed E-state index contributed by atoms with van der Waals surface area (Å²) in [5.41, 5.74) is 0.559. The lowest BCUT2D eigenvalue weighted by Crippen LogP contribution is -2.33. The van der Waals surface area contributed by atoms with E-state index in [4.69, 9.17) is 4.74 Å². The second kappa shape index (κ2) is 10.2. The van der Waals surface area contributed by atoms with Crippen molar-refractivity contribution in [2.75, 3.05) is 20.3 Å². The number of nitrogens with one attached hydrogen (secondary N) is 1. The summed E-state index contributed by atoms with van der Waals surface area (Å²) >= 11 is 4.73. The molecule has 0 bridgehead atoms. The lowest BCUT2D eigenvalue weighted by Gasteiger charge is -2.17. The highest BCUT2D eigenvalue weighted by Crippen LogP contribution is 2.24. The molecule has 0 spiro atoms. The van der Waals surface area contributed by atoms with Crippen LogP contribution in [0.2, 0.25) is 0 Å². The van der Waals surface area contributed by atoms with Crippen molar-refractivity contribution in [3.05, 3.63) is 33.0 Å². The first-order valence-electron chi connectivity index (χ1n) is 8.97. The van der Waals surface area contributed by atoms with E-state index in [2.05, 4.69) is 40.1 Å². The van der Waals surface area contributed by atoms with Crippen molar-refractivity contribution in [1.29, 1.82) is 0 Å². The average molecular weight is 456 g/mol. The predicted octanol–water partition coefficient (Wildman–Crippen LogP) is 3.45. The van der Waals surface area contributed by atoms with Gasteiger partial charge in [0, 0.05) is 31.3 Å². The van der Waals surface area contributed by atoms with E-state index in [1.165, 1.54) is 11.8 Å². The molecule has 6 nitrogen and oxygen atoms in total. The van der Waals surface area contributed by atoms with E-state index in [1.54, 1.807) is 17.7 Å². The number of carbonyl (C=O) groups is 1. The Labute approximate surface area is 172 Å². The van der Waals surface area contributed by atoms with Gasteiger partial charge in [-0.2, -0.15) is 0 Å². The molecule has 0 saturated heterocycles. The average Bonchev–Trinajstić information content (AvgIpc) is 2.62. The predicted molar refractivity (Wildman–Crippen MR) is 113 cm³/mol. The number of hydrogen-bond donors (Lipinski definition) is 1. The zero-order valence-corrected chi connectivity index (χ0v) is 18.5. The Balaban J connectivity index is 2.28. The minimum absolute atomic E-state index is 0.0719. The van der Waals surface area contributed by atoms with E-state index in [9.17, 15) is 9.59 Å². The molecule has 1 aromatic carbocycles. The SMILES string of the molecule is COCCCNC(=O)C(C)Sc1nc2ccc(Br)cc2c(=O)n1CC(C)C. The van der Waals surface area contributed by atoms with E-state index in [0.717, 1.165) is 10.9 Å². The summed E-state index contributed by atoms with van der Waals surface area (Å²) in [7, 11) is 1.64. The third kappa shape index (κ3) is 6.05. The summed E-state index contributed by atoms with van der Waals surface area (Å²) < 4.78 is 7.51. The fraction of sp³-hybridized carbons (Fsp3) is 0.526. The van der Waals surface area contributed by atoms with Crippen LogP contribution in [0, 0.1) is 5.92 Å². The van der Waals surface area contributed by atoms with E-state index in [-0.39, 0.29) is 22.6 Å². The van der Waals surface area contributed by atoms with Crippen LogP contribution in [0.15, 0.2) is 32.6 Å². The first-order valence-corrected chi connectivity index (χ1v) is 10.6. The monoisotopic (exact) mass is 455 g/mol. The number of rotatable bonds is 9. The molecule has 1 heterocycles. The van der Waals surface area contributed by atoms with Crippen molar-refractivity contribution in [2.24, 2.45) is 5.92 Å². The maximum atomic E-state index is 13.0. The number of hydrogen-bond acceptors (Lipinski definition) is 5. The van der Waals surface area contributed by atoms with Gasteiger partial charge in [-0.3, -0.25) is 14.2 Å². The minimum Gasteiger partial charge on any atom is -0.385 e. The van der Waals surface area contributed by atoms with Gasteiger partial charge in [-0.25, -0.2) is 4.98 Å². The van der Waals surface area contributed by atoms with Crippen LogP contribution in [0.4, 0.5) is 0 Å². The molecule has 0 radical (unpaired) electrons. The highest BCUT2D eigenvalue weighted by Gasteiger charge is 2.19. The van der Waals surface area contributed by atoms with Gasteiger partial charge >= 0.3 is 0 Å². The van der Waals surface area contributed by atoms with Gasteiger partial charge in [0.05, 0.1) is 16.2 Å². The molecular weight excluding hydrogens is 430 g/mol. The van der Waals surface area contributed by atoms with Gasteiger partial charge in [0.25, 0.3) is 5.56 Å². The van der Waals surface area contributed by atoms with E-state index < -0.39 is 0 Å². The minimum atomic E-state index is -0.356. The molecule has 1 unspecified atom stereocenters. The lowest BCUT2D eigenvalue weighted by molar-refractivity contribution is -0.120. The molecule has 8 heteroatoms. The molecule has 1 amide bonds. The van der Waals surface area contributed by atoms with Crippen LogP contribution in [0.1, 0.15) is 27.2 Å². The molecule has 1 aromatic heterocycles. The molecule has 0 aliphatic heterocycles. The summed E-state index contributed by atoms with van der Waals surface area (Å²) in [6.07, 6.45) is 0.765. The first-order chi connectivity index (χ1) is 12.8. The van der Waals surface area contributed by atoms with E-state index in [0.29, 0.717) is 35.8 Å². The van der Waals surface area contributed by atoms with Crippen LogP contribution in [-0.2, 0) is 16.1 Å². The highest BCUT2D eigenvalue weighted by atomic mass is 79.9. The maximum absolute atomic E-state index is 13.0. The van der Waals surface area contributed by atoms with Crippen molar-refractivity contribution < 1.29 is 9.53 Å². The molecule has 1 N–H and O–H groups in total. The smallest absolute Gasteiger partial charge is 0.262 e. The number of fused-ring (bicyclic) bond motifs is 1. The van der Waals surface area contributed by atoms with Gasteiger partial charge < -0.3 is 10.1 Å². The highest BCUT2D eigenvalue weighted by molar-refractivity contribution is 9.10. The Morgan fingerprint density at radius 2 is 2.11 bits per heavy atom. The number of methoxy groups -OCH3 is 1. The lowest BCUT2D eigenvalue weighted by atomic mass is 10.2. The Kier molecular flexibility index (Phi) is 8.31. The third-order valence-electron chi connectivity index (χ3n) is 3.90. The number of nitrogens with zero attached hydrogens (tertiary/aromatic N) is 2. The topological polar surface area (TPSA) is 73.2 Å². The van der Waals surface area contributed by atoms with Gasteiger partial charge in [-0.15, -0.1) is 0 Å². The standard InChI is InChI=1S/C19H26BrN3O3S/c1-12(2)11-23-18(25)15-10-14(20)6-7-16(15)22-19(23)27-13(3)17(24)21-8-5-9-26-4/h6-7,10,12-13H,5,8-9,11H2,1-4H3,(H,21,24). The Bertz CT molecular complexity index is 854. The molecule has 0 saturated carbocycles. The molecular formula is C19H26BrN3O3S. The van der Waals surface area contributed by atoms with Crippen LogP contribution >= 0.6 is 27.7 Å². The second-order valence-electron chi connectivity index (χ2n) is 6.76. The van der Waals surface area contributed by atoms with Crippen LogP contribution in [0.25, 0.3) is 10.9 Å². The molecule has 27 heavy (non-hydrogen) atoms. The molecule has 148 valence electrons. The number of amides is 1. The number of halogens is 1. The Morgan fingerprint density at radius 1 is 1.37 bits per heavy atom. The van der Waals surface area contributed by atoms with Gasteiger partial charge in [-0.05, 0) is 37.5 Å². The molecule has 0 aliphatic carbocycles. The summed E-state index contributed by atoms with van der Waals surface area (Å²) in [5, 5.41) is 3.69. The number of aromatic nitrogens is 2. The fourth-order valence-electron chi connectivity index (χ4n) is 2.57.